The fourth-order valence-corrected chi connectivity index (χ4v) is 1.66. The SMILES string of the molecule is CC(=O)Oc1cccc2ccn(C(C)=O)c12. The van der Waals surface area contributed by atoms with Crippen LogP contribution in [0.1, 0.15) is 18.6 Å². The average molecular weight is 217 g/mol. The largest absolute Gasteiger partial charge is 0.424 e. The normalized spacial score (nSPS) is 10.4. The molecule has 1 aromatic heterocycles. The van der Waals surface area contributed by atoms with E-state index in [0.29, 0.717) is 11.3 Å². The molecule has 0 amide bonds. The molecule has 0 bridgehead atoms. The van der Waals surface area contributed by atoms with Gasteiger partial charge in [-0.3, -0.25) is 14.2 Å². The molecule has 0 radical (unpaired) electrons. The quantitative estimate of drug-likeness (QED) is 0.543. The van der Waals surface area contributed by atoms with Gasteiger partial charge in [-0.15, -0.1) is 0 Å². The van der Waals surface area contributed by atoms with Crippen molar-refractivity contribution in [2.24, 2.45) is 0 Å². The van der Waals surface area contributed by atoms with E-state index in [2.05, 4.69) is 0 Å². The standard InChI is InChI=1S/C12H11NO3/c1-8(14)13-7-6-10-4-3-5-11(12(10)13)16-9(2)15/h3-7H,1-2H3. The van der Waals surface area contributed by atoms with Crippen molar-refractivity contribution in [3.63, 3.8) is 0 Å². The second kappa shape index (κ2) is 3.81. The van der Waals surface area contributed by atoms with Crippen molar-refractivity contribution in [3.8, 4) is 5.75 Å². The maximum Gasteiger partial charge on any atom is 0.308 e. The van der Waals surface area contributed by atoms with Crippen molar-refractivity contribution in [2.45, 2.75) is 13.8 Å². The zero-order valence-corrected chi connectivity index (χ0v) is 9.06. The van der Waals surface area contributed by atoms with Crippen molar-refractivity contribution in [3.05, 3.63) is 30.5 Å². The molecule has 0 saturated heterocycles. The van der Waals surface area contributed by atoms with Crippen LogP contribution < -0.4 is 4.74 Å². The number of para-hydroxylation sites is 1. The number of rotatable bonds is 1. The van der Waals surface area contributed by atoms with Gasteiger partial charge in [0.05, 0.1) is 5.52 Å². The molecule has 0 fully saturated rings. The Morgan fingerprint density at radius 2 is 1.94 bits per heavy atom. The monoisotopic (exact) mass is 217 g/mol. The van der Waals surface area contributed by atoms with Gasteiger partial charge in [-0.1, -0.05) is 12.1 Å². The van der Waals surface area contributed by atoms with Crippen LogP contribution in [-0.4, -0.2) is 16.4 Å². The molecular weight excluding hydrogens is 206 g/mol. The fourth-order valence-electron chi connectivity index (χ4n) is 1.66. The lowest BCUT2D eigenvalue weighted by atomic mass is 10.2. The zero-order valence-electron chi connectivity index (χ0n) is 9.06. The Bertz CT molecular complexity index is 569. The van der Waals surface area contributed by atoms with Gasteiger partial charge in [0.25, 0.3) is 0 Å². The van der Waals surface area contributed by atoms with Gasteiger partial charge in [-0.25, -0.2) is 0 Å². The second-order valence-electron chi connectivity index (χ2n) is 3.49. The molecule has 0 N–H and O–H groups in total. The Balaban J connectivity index is 2.68. The summed E-state index contributed by atoms with van der Waals surface area (Å²) in [6, 6.07) is 7.12. The molecule has 0 atom stereocenters. The van der Waals surface area contributed by atoms with E-state index in [0.717, 1.165) is 5.39 Å². The molecule has 0 unspecified atom stereocenters. The first-order valence-electron chi connectivity index (χ1n) is 4.89. The van der Waals surface area contributed by atoms with Gasteiger partial charge >= 0.3 is 5.97 Å². The topological polar surface area (TPSA) is 48.3 Å². The van der Waals surface area contributed by atoms with Crippen molar-refractivity contribution < 1.29 is 14.3 Å². The molecule has 0 saturated carbocycles. The molecule has 2 rings (SSSR count). The van der Waals surface area contributed by atoms with Crippen LogP contribution in [0.5, 0.6) is 5.75 Å². The van der Waals surface area contributed by atoms with Crippen LogP contribution in [0.25, 0.3) is 10.9 Å². The summed E-state index contributed by atoms with van der Waals surface area (Å²) in [5, 5.41) is 0.869. The summed E-state index contributed by atoms with van der Waals surface area (Å²) in [5.41, 5.74) is 0.630. The third kappa shape index (κ3) is 1.69. The lowest BCUT2D eigenvalue weighted by Gasteiger charge is -2.06. The maximum atomic E-state index is 11.4. The molecule has 1 aromatic carbocycles. The maximum absolute atomic E-state index is 11.4. The van der Waals surface area contributed by atoms with Crippen molar-refractivity contribution >= 4 is 22.8 Å². The second-order valence-corrected chi connectivity index (χ2v) is 3.49. The summed E-state index contributed by atoms with van der Waals surface area (Å²) < 4.78 is 6.53. The summed E-state index contributed by atoms with van der Waals surface area (Å²) in [4.78, 5) is 22.3. The average Bonchev–Trinajstić information content (AvgIpc) is 2.61. The molecule has 82 valence electrons. The van der Waals surface area contributed by atoms with Gasteiger partial charge in [0.1, 0.15) is 0 Å². The molecule has 0 aliphatic carbocycles. The molecule has 16 heavy (non-hydrogen) atoms. The van der Waals surface area contributed by atoms with E-state index in [4.69, 9.17) is 4.74 Å². The number of carbonyl (C=O) groups is 2. The number of fused-ring (bicyclic) bond motifs is 1. The van der Waals surface area contributed by atoms with E-state index in [9.17, 15) is 9.59 Å². The van der Waals surface area contributed by atoms with Crippen molar-refractivity contribution in [2.75, 3.05) is 0 Å². The Morgan fingerprint density at radius 1 is 1.19 bits per heavy atom. The van der Waals surface area contributed by atoms with E-state index >= 15 is 0 Å². The number of carbonyl (C=O) groups excluding carboxylic acids is 2. The number of esters is 1. The van der Waals surface area contributed by atoms with E-state index < -0.39 is 5.97 Å². The lowest BCUT2D eigenvalue weighted by Crippen LogP contribution is -2.07. The molecule has 1 heterocycles. The van der Waals surface area contributed by atoms with Gasteiger partial charge in [0, 0.05) is 25.4 Å². The Labute approximate surface area is 92.4 Å². The third-order valence-electron chi connectivity index (χ3n) is 2.27. The number of benzene rings is 1. The highest BCUT2D eigenvalue weighted by Gasteiger charge is 2.11. The van der Waals surface area contributed by atoms with E-state index in [-0.39, 0.29) is 5.91 Å². The van der Waals surface area contributed by atoms with Gasteiger partial charge in [-0.2, -0.15) is 0 Å². The molecule has 0 spiro atoms. The van der Waals surface area contributed by atoms with E-state index in [1.165, 1.54) is 18.4 Å². The van der Waals surface area contributed by atoms with Gasteiger partial charge in [0.15, 0.2) is 5.75 Å². The minimum atomic E-state index is -0.399. The molecular formula is C12H11NO3. The Hall–Kier alpha value is -2.10. The summed E-state index contributed by atoms with van der Waals surface area (Å²) in [5.74, 6) is -0.108. The zero-order chi connectivity index (χ0) is 11.7. The fraction of sp³-hybridized carbons (Fsp3) is 0.167. The van der Waals surface area contributed by atoms with Crippen LogP contribution in [-0.2, 0) is 4.79 Å². The van der Waals surface area contributed by atoms with E-state index in [1.54, 1.807) is 18.3 Å². The van der Waals surface area contributed by atoms with Gasteiger partial charge in [0.2, 0.25) is 5.91 Å². The van der Waals surface area contributed by atoms with Crippen LogP contribution in [0.3, 0.4) is 0 Å². The number of hydrogen-bond donors (Lipinski definition) is 0. The first-order chi connectivity index (χ1) is 7.59. The minimum Gasteiger partial charge on any atom is -0.424 e. The summed E-state index contributed by atoms with van der Waals surface area (Å²) in [6.07, 6.45) is 1.67. The number of nitrogens with zero attached hydrogens (tertiary/aromatic N) is 1. The van der Waals surface area contributed by atoms with Gasteiger partial charge in [-0.05, 0) is 12.1 Å². The van der Waals surface area contributed by atoms with Crippen LogP contribution in [0, 0.1) is 0 Å². The first-order valence-corrected chi connectivity index (χ1v) is 4.89. The number of aromatic nitrogens is 1. The highest BCUT2D eigenvalue weighted by molar-refractivity contribution is 5.95. The molecule has 4 nitrogen and oxygen atoms in total. The number of ether oxygens (including phenoxy) is 1. The Kier molecular flexibility index (Phi) is 2.48. The van der Waals surface area contributed by atoms with Crippen LogP contribution in [0.2, 0.25) is 0 Å². The molecule has 0 aliphatic heterocycles. The van der Waals surface area contributed by atoms with Crippen LogP contribution in [0.15, 0.2) is 30.5 Å². The Morgan fingerprint density at radius 3 is 2.56 bits per heavy atom. The predicted octanol–water partition coefficient (Wildman–Crippen LogP) is 2.23. The first kappa shape index (κ1) is 10.4. The number of hydrogen-bond acceptors (Lipinski definition) is 3. The lowest BCUT2D eigenvalue weighted by molar-refractivity contribution is -0.131. The third-order valence-corrected chi connectivity index (χ3v) is 2.27. The van der Waals surface area contributed by atoms with E-state index in [1.807, 2.05) is 12.1 Å². The smallest absolute Gasteiger partial charge is 0.308 e. The molecule has 2 aromatic rings. The van der Waals surface area contributed by atoms with Crippen LogP contribution >= 0.6 is 0 Å². The predicted molar refractivity (Wildman–Crippen MR) is 59.5 cm³/mol. The van der Waals surface area contributed by atoms with Crippen molar-refractivity contribution in [1.82, 2.24) is 4.57 Å². The molecule has 4 heteroatoms. The van der Waals surface area contributed by atoms with Gasteiger partial charge < -0.3 is 4.74 Å². The highest BCUT2D eigenvalue weighted by Crippen LogP contribution is 2.26. The summed E-state index contributed by atoms with van der Waals surface area (Å²) in [6.45, 7) is 2.80. The minimum absolute atomic E-state index is 0.116. The highest BCUT2D eigenvalue weighted by atomic mass is 16.5. The summed E-state index contributed by atoms with van der Waals surface area (Å²) in [7, 11) is 0. The van der Waals surface area contributed by atoms with Crippen molar-refractivity contribution in [1.29, 1.82) is 0 Å². The van der Waals surface area contributed by atoms with Crippen LogP contribution in [0.4, 0.5) is 0 Å². The summed E-state index contributed by atoms with van der Waals surface area (Å²) >= 11 is 0. The molecule has 0 aliphatic rings.